The van der Waals surface area contributed by atoms with Crippen molar-refractivity contribution in [3.05, 3.63) is 60.4 Å². The maximum Gasteiger partial charge on any atom is 0.0851 e. The van der Waals surface area contributed by atoms with E-state index in [0.717, 1.165) is 46.0 Å². The van der Waals surface area contributed by atoms with E-state index in [1.165, 1.54) is 0 Å². The molecule has 0 amide bonds. The Morgan fingerprint density at radius 3 is 2.22 bits per heavy atom. The van der Waals surface area contributed by atoms with Gasteiger partial charge in [-0.1, -0.05) is 41.6 Å². The SMILES string of the molecule is ClCCCc1cn(-c2c3ccccc3nc3ccccc23)nn1. The lowest BCUT2D eigenvalue weighted by Crippen LogP contribution is -1.99. The average molecular weight is 323 g/mol. The van der Waals surface area contributed by atoms with Gasteiger partial charge in [-0.25, -0.2) is 9.67 Å². The van der Waals surface area contributed by atoms with E-state index in [2.05, 4.69) is 22.4 Å². The van der Waals surface area contributed by atoms with Crippen molar-refractivity contribution in [1.29, 1.82) is 0 Å². The van der Waals surface area contributed by atoms with Crippen molar-refractivity contribution < 1.29 is 0 Å². The van der Waals surface area contributed by atoms with Crippen molar-refractivity contribution in [1.82, 2.24) is 20.0 Å². The number of alkyl halides is 1. The molecule has 2 heterocycles. The van der Waals surface area contributed by atoms with Crippen molar-refractivity contribution in [2.24, 2.45) is 0 Å². The Balaban J connectivity index is 1.97. The number of halogens is 1. The van der Waals surface area contributed by atoms with Gasteiger partial charge in [0.15, 0.2) is 0 Å². The zero-order valence-electron chi connectivity index (χ0n) is 12.5. The standard InChI is InChI=1S/C18H15ClN4/c19-11-5-6-13-12-23(22-21-13)18-14-7-1-3-9-16(14)20-17-10-4-2-8-15(17)18/h1-4,7-10,12H,5-6,11H2. The number of benzene rings is 2. The first-order valence-electron chi connectivity index (χ1n) is 7.62. The van der Waals surface area contributed by atoms with Gasteiger partial charge in [0.25, 0.3) is 0 Å². The van der Waals surface area contributed by atoms with E-state index in [0.29, 0.717) is 5.88 Å². The summed E-state index contributed by atoms with van der Waals surface area (Å²) in [5, 5.41) is 10.8. The Bertz CT molecular complexity index is 923. The quantitative estimate of drug-likeness (QED) is 0.419. The largest absolute Gasteiger partial charge is 0.248 e. The van der Waals surface area contributed by atoms with E-state index >= 15 is 0 Å². The molecule has 0 N–H and O–H groups in total. The van der Waals surface area contributed by atoms with Crippen LogP contribution in [0.5, 0.6) is 0 Å². The third-order valence-electron chi connectivity index (χ3n) is 3.90. The van der Waals surface area contributed by atoms with Crippen LogP contribution in [0.1, 0.15) is 12.1 Å². The second-order valence-corrected chi connectivity index (χ2v) is 5.82. The summed E-state index contributed by atoms with van der Waals surface area (Å²) in [5.41, 5.74) is 3.89. The smallest absolute Gasteiger partial charge is 0.0851 e. The van der Waals surface area contributed by atoms with E-state index in [4.69, 9.17) is 16.6 Å². The van der Waals surface area contributed by atoms with Crippen LogP contribution in [0.15, 0.2) is 54.7 Å². The van der Waals surface area contributed by atoms with Gasteiger partial charge in [0.05, 0.1) is 28.6 Å². The molecular weight excluding hydrogens is 308 g/mol. The molecule has 0 fully saturated rings. The summed E-state index contributed by atoms with van der Waals surface area (Å²) in [6.45, 7) is 0. The molecule has 5 heteroatoms. The molecule has 114 valence electrons. The molecule has 0 atom stereocenters. The van der Waals surface area contributed by atoms with Crippen LogP contribution >= 0.6 is 11.6 Å². The minimum Gasteiger partial charge on any atom is -0.248 e. The number of pyridine rings is 1. The molecule has 4 aromatic rings. The van der Waals surface area contributed by atoms with Crippen LogP contribution in [-0.2, 0) is 6.42 Å². The first-order valence-corrected chi connectivity index (χ1v) is 8.15. The zero-order chi connectivity index (χ0) is 15.6. The zero-order valence-corrected chi connectivity index (χ0v) is 13.2. The molecule has 4 rings (SSSR count). The predicted molar refractivity (Wildman–Crippen MR) is 93.2 cm³/mol. The molecule has 0 saturated carbocycles. The Labute approximate surface area is 138 Å². The van der Waals surface area contributed by atoms with E-state index in [9.17, 15) is 0 Å². The van der Waals surface area contributed by atoms with Crippen LogP contribution in [0.2, 0.25) is 0 Å². The molecule has 23 heavy (non-hydrogen) atoms. The van der Waals surface area contributed by atoms with Crippen molar-refractivity contribution in [3.8, 4) is 5.69 Å². The number of para-hydroxylation sites is 2. The number of fused-ring (bicyclic) bond motifs is 2. The highest BCUT2D eigenvalue weighted by atomic mass is 35.5. The van der Waals surface area contributed by atoms with Crippen LogP contribution in [0.4, 0.5) is 0 Å². The van der Waals surface area contributed by atoms with E-state index in [-0.39, 0.29) is 0 Å². The second-order valence-electron chi connectivity index (χ2n) is 5.44. The summed E-state index contributed by atoms with van der Waals surface area (Å²) in [7, 11) is 0. The lowest BCUT2D eigenvalue weighted by molar-refractivity contribution is 0.799. The van der Waals surface area contributed by atoms with Gasteiger partial charge in [-0.15, -0.1) is 16.7 Å². The number of hydrogen-bond acceptors (Lipinski definition) is 3. The molecule has 2 aromatic heterocycles. The number of hydrogen-bond donors (Lipinski definition) is 0. The topological polar surface area (TPSA) is 43.6 Å². The fourth-order valence-corrected chi connectivity index (χ4v) is 2.97. The molecule has 0 aliphatic rings. The lowest BCUT2D eigenvalue weighted by Gasteiger charge is -2.10. The molecule has 0 aliphatic heterocycles. The number of aryl methyl sites for hydroxylation is 1. The van der Waals surface area contributed by atoms with Crippen molar-refractivity contribution >= 4 is 33.4 Å². The summed E-state index contributed by atoms with van der Waals surface area (Å²) in [6.07, 6.45) is 3.73. The Morgan fingerprint density at radius 2 is 1.57 bits per heavy atom. The fraction of sp³-hybridized carbons (Fsp3) is 0.167. The van der Waals surface area contributed by atoms with Gasteiger partial charge in [-0.2, -0.15) is 0 Å². The van der Waals surface area contributed by atoms with Crippen LogP contribution in [-0.4, -0.2) is 25.9 Å². The van der Waals surface area contributed by atoms with Gasteiger partial charge in [0.1, 0.15) is 0 Å². The molecule has 0 unspecified atom stereocenters. The van der Waals surface area contributed by atoms with E-state index in [1.807, 2.05) is 47.3 Å². The van der Waals surface area contributed by atoms with Crippen LogP contribution in [0, 0.1) is 0 Å². The highest BCUT2D eigenvalue weighted by Crippen LogP contribution is 2.28. The molecule has 0 radical (unpaired) electrons. The van der Waals surface area contributed by atoms with Crippen molar-refractivity contribution in [3.63, 3.8) is 0 Å². The molecule has 0 saturated heterocycles. The minimum atomic E-state index is 0.633. The summed E-state index contributed by atoms with van der Waals surface area (Å²) in [5.74, 6) is 0.633. The minimum absolute atomic E-state index is 0.633. The monoisotopic (exact) mass is 322 g/mol. The molecule has 0 spiro atoms. The number of rotatable bonds is 4. The summed E-state index contributed by atoms with van der Waals surface area (Å²) in [4.78, 5) is 4.74. The van der Waals surface area contributed by atoms with Crippen molar-refractivity contribution in [2.75, 3.05) is 5.88 Å². The number of nitrogens with zero attached hydrogens (tertiary/aromatic N) is 4. The van der Waals surface area contributed by atoms with Crippen molar-refractivity contribution in [2.45, 2.75) is 12.8 Å². The summed E-state index contributed by atoms with van der Waals surface area (Å²) < 4.78 is 1.86. The first kappa shape index (κ1) is 14.2. The average Bonchev–Trinajstić information content (AvgIpc) is 3.06. The van der Waals surface area contributed by atoms with Gasteiger partial charge >= 0.3 is 0 Å². The van der Waals surface area contributed by atoms with E-state index < -0.39 is 0 Å². The lowest BCUT2D eigenvalue weighted by atomic mass is 10.1. The maximum absolute atomic E-state index is 5.77. The van der Waals surface area contributed by atoms with Gasteiger partial charge in [-0.05, 0) is 25.0 Å². The fourth-order valence-electron chi connectivity index (χ4n) is 2.83. The van der Waals surface area contributed by atoms with Gasteiger partial charge in [-0.3, -0.25) is 0 Å². The number of aromatic nitrogens is 4. The van der Waals surface area contributed by atoms with E-state index in [1.54, 1.807) is 0 Å². The van der Waals surface area contributed by atoms with Crippen LogP contribution in [0.25, 0.3) is 27.5 Å². The van der Waals surface area contributed by atoms with Crippen LogP contribution in [0.3, 0.4) is 0 Å². The van der Waals surface area contributed by atoms with Crippen LogP contribution < -0.4 is 0 Å². The molecule has 0 aliphatic carbocycles. The molecule has 4 nitrogen and oxygen atoms in total. The van der Waals surface area contributed by atoms with Gasteiger partial charge < -0.3 is 0 Å². The summed E-state index contributed by atoms with van der Waals surface area (Å²) >= 11 is 5.77. The second kappa shape index (κ2) is 5.97. The highest BCUT2D eigenvalue weighted by Gasteiger charge is 2.12. The first-order chi connectivity index (χ1) is 11.4. The molecular formula is C18H15ClN4. The van der Waals surface area contributed by atoms with Gasteiger partial charge in [0.2, 0.25) is 0 Å². The molecule has 0 bridgehead atoms. The third kappa shape index (κ3) is 2.55. The Morgan fingerprint density at radius 1 is 0.913 bits per heavy atom. The van der Waals surface area contributed by atoms with Gasteiger partial charge in [0, 0.05) is 16.7 Å². The predicted octanol–water partition coefficient (Wildman–Crippen LogP) is 4.14. The highest BCUT2D eigenvalue weighted by molar-refractivity contribution is 6.17. The normalized spacial score (nSPS) is 11.3. The third-order valence-corrected chi connectivity index (χ3v) is 4.16. The summed E-state index contributed by atoms with van der Waals surface area (Å²) in [6, 6.07) is 16.2. The Kier molecular flexibility index (Phi) is 3.67. The maximum atomic E-state index is 5.77. The Hall–Kier alpha value is -2.46. The molecule has 2 aromatic carbocycles.